The van der Waals surface area contributed by atoms with Gasteiger partial charge in [0, 0.05) is 44.4 Å². The first-order valence-corrected chi connectivity index (χ1v) is 10.1. The van der Waals surface area contributed by atoms with Gasteiger partial charge in [-0.2, -0.15) is 0 Å². The smallest absolute Gasteiger partial charge is 0.317 e. The second kappa shape index (κ2) is 10.7. The molecule has 4 rings (SSSR count). The summed E-state index contributed by atoms with van der Waals surface area (Å²) < 4.78 is 0. The molecule has 0 bridgehead atoms. The van der Waals surface area contributed by atoms with Gasteiger partial charge in [0.05, 0.1) is 6.54 Å². The Morgan fingerprint density at radius 2 is 1.86 bits per heavy atom. The molecule has 2 aliphatic rings. The molecule has 1 aliphatic heterocycles. The van der Waals surface area contributed by atoms with Crippen LogP contribution in [0.3, 0.4) is 0 Å². The molecule has 1 aliphatic carbocycles. The van der Waals surface area contributed by atoms with Crippen LogP contribution in [0.25, 0.3) is 10.9 Å². The van der Waals surface area contributed by atoms with E-state index in [0.717, 1.165) is 50.0 Å². The predicted molar refractivity (Wildman–Crippen MR) is 115 cm³/mol. The number of rotatable bonds is 3. The Labute approximate surface area is 171 Å². The van der Waals surface area contributed by atoms with E-state index in [2.05, 4.69) is 27.8 Å². The molecule has 0 radical (unpaired) electrons. The summed E-state index contributed by atoms with van der Waals surface area (Å²) in [6.07, 6.45) is 5.86. The Balaban J connectivity index is 0.000000234. The third kappa shape index (κ3) is 6.39. The Kier molecular flexibility index (Phi) is 8.33. The van der Waals surface area contributed by atoms with Crippen LogP contribution in [-0.2, 0) is 6.54 Å². The fraction of sp³-hybridized carbons (Fsp3) is 0.524. The van der Waals surface area contributed by atoms with Crippen LogP contribution in [0.2, 0.25) is 0 Å². The van der Waals surface area contributed by atoms with Crippen molar-refractivity contribution >= 4 is 23.0 Å². The highest BCUT2D eigenvalue weighted by molar-refractivity contribution is 5.80. The van der Waals surface area contributed by atoms with Gasteiger partial charge in [-0.15, -0.1) is 0 Å². The molecule has 4 amide bonds. The number of benzene rings is 1. The molecule has 0 spiro atoms. The van der Waals surface area contributed by atoms with E-state index in [-0.39, 0.29) is 17.5 Å². The van der Waals surface area contributed by atoms with Crippen LogP contribution in [-0.4, -0.2) is 65.5 Å². The van der Waals surface area contributed by atoms with Gasteiger partial charge in [0.25, 0.3) is 0 Å². The topological polar surface area (TPSA) is 112 Å². The summed E-state index contributed by atoms with van der Waals surface area (Å²) in [6, 6.07) is 10.7. The van der Waals surface area contributed by atoms with Crippen LogP contribution >= 0.6 is 0 Å². The molecule has 2 aromatic rings. The number of hydrogen-bond donors (Lipinski definition) is 3. The summed E-state index contributed by atoms with van der Waals surface area (Å²) in [5.74, 6) is 0. The molecule has 8 nitrogen and oxygen atoms in total. The van der Waals surface area contributed by atoms with Crippen molar-refractivity contribution in [2.75, 3.05) is 27.2 Å². The van der Waals surface area contributed by atoms with Crippen molar-refractivity contribution in [3.8, 4) is 0 Å². The maximum absolute atomic E-state index is 11.8. The third-order valence-corrected chi connectivity index (χ3v) is 5.29. The first-order valence-electron chi connectivity index (χ1n) is 10.1. The molecule has 29 heavy (non-hydrogen) atoms. The molecule has 2 fully saturated rings. The van der Waals surface area contributed by atoms with E-state index < -0.39 is 0 Å². The molecule has 0 atom stereocenters. The van der Waals surface area contributed by atoms with Crippen LogP contribution < -0.4 is 10.6 Å². The van der Waals surface area contributed by atoms with Crippen molar-refractivity contribution in [2.24, 2.45) is 0 Å². The minimum absolute atomic E-state index is 0. The number of fused-ring (bicyclic) bond motifs is 1. The molecule has 0 unspecified atom stereocenters. The number of hydrogen-bond acceptors (Lipinski definition) is 2. The Hall–Kier alpha value is -2.74. The molecule has 1 saturated carbocycles. The molecule has 8 heteroatoms. The number of H-pyrrole nitrogens is 1. The highest BCUT2D eigenvalue weighted by Gasteiger charge is 2.29. The second-order valence-electron chi connectivity index (χ2n) is 7.49. The Morgan fingerprint density at radius 3 is 2.48 bits per heavy atom. The summed E-state index contributed by atoms with van der Waals surface area (Å²) in [6.45, 7) is 2.41. The normalized spacial score (nSPS) is 15.6. The lowest BCUT2D eigenvalue weighted by Crippen LogP contribution is -2.41. The number of nitrogens with one attached hydrogen (secondary N) is 3. The van der Waals surface area contributed by atoms with Crippen molar-refractivity contribution < 1.29 is 15.1 Å². The van der Waals surface area contributed by atoms with Crippen molar-refractivity contribution in [3.63, 3.8) is 0 Å². The van der Waals surface area contributed by atoms with E-state index in [9.17, 15) is 9.59 Å². The van der Waals surface area contributed by atoms with Gasteiger partial charge in [0.15, 0.2) is 0 Å². The summed E-state index contributed by atoms with van der Waals surface area (Å²) in [4.78, 5) is 29.8. The number of likely N-dealkylation sites (tertiary alicyclic amines) is 1. The number of nitrogens with zero attached hydrogens (tertiary/aromatic N) is 2. The summed E-state index contributed by atoms with van der Waals surface area (Å²) >= 11 is 0. The monoisotopic (exact) mass is 403 g/mol. The van der Waals surface area contributed by atoms with Gasteiger partial charge in [-0.05, 0) is 49.6 Å². The Morgan fingerprint density at radius 1 is 1.17 bits per heavy atom. The molecular weight excluding hydrogens is 370 g/mol. The van der Waals surface area contributed by atoms with Gasteiger partial charge in [0.2, 0.25) is 0 Å². The number of para-hydroxylation sites is 1. The number of piperidine rings is 1. The number of amides is 4. The lowest BCUT2D eigenvalue weighted by molar-refractivity contribution is 0.188. The maximum atomic E-state index is 11.8. The van der Waals surface area contributed by atoms with Gasteiger partial charge < -0.3 is 30.9 Å². The predicted octanol–water partition coefficient (Wildman–Crippen LogP) is 2.46. The molecular formula is C21H33N5O3. The van der Waals surface area contributed by atoms with E-state index >= 15 is 0 Å². The SMILES string of the molecule is CN(C(=O)NCc1cc2ccccc2[nH]1)C1CC1.CNC(=O)N1CCCCC1.O. The number of aromatic amines is 1. The van der Waals surface area contributed by atoms with E-state index in [1.54, 1.807) is 11.9 Å². The average Bonchev–Trinajstić information content (AvgIpc) is 3.51. The van der Waals surface area contributed by atoms with Gasteiger partial charge in [-0.3, -0.25) is 0 Å². The fourth-order valence-electron chi connectivity index (χ4n) is 3.41. The lowest BCUT2D eigenvalue weighted by Gasteiger charge is -2.25. The summed E-state index contributed by atoms with van der Waals surface area (Å²) in [7, 11) is 3.54. The van der Waals surface area contributed by atoms with Crippen LogP contribution in [0.4, 0.5) is 9.59 Å². The van der Waals surface area contributed by atoms with Crippen molar-refractivity contribution in [1.29, 1.82) is 0 Å². The number of urea groups is 2. The zero-order valence-corrected chi connectivity index (χ0v) is 17.3. The molecule has 1 aromatic heterocycles. The lowest BCUT2D eigenvalue weighted by atomic mass is 10.1. The zero-order chi connectivity index (χ0) is 19.9. The molecule has 160 valence electrons. The molecule has 1 aromatic carbocycles. The highest BCUT2D eigenvalue weighted by atomic mass is 16.2. The van der Waals surface area contributed by atoms with E-state index in [0.29, 0.717) is 12.6 Å². The second-order valence-corrected chi connectivity index (χ2v) is 7.49. The molecule has 1 saturated heterocycles. The quantitative estimate of drug-likeness (QED) is 0.731. The minimum atomic E-state index is 0. The van der Waals surface area contributed by atoms with Crippen LogP contribution in [0.5, 0.6) is 0 Å². The summed E-state index contributed by atoms with van der Waals surface area (Å²) in [5.41, 5.74) is 2.14. The van der Waals surface area contributed by atoms with Crippen LogP contribution in [0.1, 0.15) is 37.8 Å². The van der Waals surface area contributed by atoms with Gasteiger partial charge >= 0.3 is 12.1 Å². The number of aromatic nitrogens is 1. The van der Waals surface area contributed by atoms with Crippen molar-refractivity contribution in [2.45, 2.75) is 44.7 Å². The number of carbonyl (C=O) groups is 2. The third-order valence-electron chi connectivity index (χ3n) is 5.29. The van der Waals surface area contributed by atoms with E-state index in [1.165, 1.54) is 11.8 Å². The van der Waals surface area contributed by atoms with Crippen LogP contribution in [0, 0.1) is 0 Å². The van der Waals surface area contributed by atoms with Crippen molar-refractivity contribution in [1.82, 2.24) is 25.4 Å². The van der Waals surface area contributed by atoms with Gasteiger partial charge in [0.1, 0.15) is 0 Å². The van der Waals surface area contributed by atoms with E-state index in [4.69, 9.17) is 0 Å². The largest absolute Gasteiger partial charge is 0.412 e. The maximum Gasteiger partial charge on any atom is 0.317 e. The van der Waals surface area contributed by atoms with Crippen molar-refractivity contribution in [3.05, 3.63) is 36.0 Å². The molecule has 5 N–H and O–H groups in total. The standard InChI is InChI=1S/C14H17N3O.C7H14N2O.H2O/c1-17(12-6-7-12)14(18)15-9-11-8-10-4-2-3-5-13(10)16-11;1-8-7(10)9-5-3-2-4-6-9;/h2-5,8,12,16H,6-7,9H2,1H3,(H,15,18);2-6H2,1H3,(H,8,10);1H2. The fourth-order valence-corrected chi connectivity index (χ4v) is 3.41. The first-order chi connectivity index (χ1) is 13.6. The van der Waals surface area contributed by atoms with Gasteiger partial charge in [-0.25, -0.2) is 9.59 Å². The minimum Gasteiger partial charge on any atom is -0.412 e. The zero-order valence-electron chi connectivity index (χ0n) is 17.3. The van der Waals surface area contributed by atoms with E-state index in [1.807, 2.05) is 30.1 Å². The van der Waals surface area contributed by atoms with Crippen LogP contribution in [0.15, 0.2) is 30.3 Å². The number of carbonyl (C=O) groups excluding carboxylic acids is 2. The average molecular weight is 404 g/mol. The first kappa shape index (κ1) is 22.5. The highest BCUT2D eigenvalue weighted by Crippen LogP contribution is 2.25. The Bertz CT molecular complexity index is 763. The van der Waals surface area contributed by atoms with Gasteiger partial charge in [-0.1, -0.05) is 18.2 Å². The molecule has 2 heterocycles. The summed E-state index contributed by atoms with van der Waals surface area (Å²) in [5, 5.41) is 6.74.